The fourth-order valence-electron chi connectivity index (χ4n) is 2.89. The molecule has 0 bridgehead atoms. The van der Waals surface area contributed by atoms with Gasteiger partial charge in [-0.2, -0.15) is 0 Å². The summed E-state index contributed by atoms with van der Waals surface area (Å²) in [5.74, 6) is -0.590. The molecule has 1 aliphatic rings. The summed E-state index contributed by atoms with van der Waals surface area (Å²) >= 11 is 0. The molecule has 0 amide bonds. The lowest BCUT2D eigenvalue weighted by Crippen LogP contribution is -2.34. The number of halogens is 1. The van der Waals surface area contributed by atoms with Crippen LogP contribution < -0.4 is 10.4 Å². The van der Waals surface area contributed by atoms with E-state index in [4.69, 9.17) is 0 Å². The molecule has 0 aliphatic carbocycles. The predicted octanol–water partition coefficient (Wildman–Crippen LogP) is 1.46. The van der Waals surface area contributed by atoms with Crippen molar-refractivity contribution in [2.45, 2.75) is 19.4 Å². The second-order valence-electron chi connectivity index (χ2n) is 5.38. The van der Waals surface area contributed by atoms with Gasteiger partial charge in [0.2, 0.25) is 0 Å². The van der Waals surface area contributed by atoms with Gasteiger partial charge in [-0.15, -0.1) is 0 Å². The van der Waals surface area contributed by atoms with Crippen LogP contribution in [0.25, 0.3) is 0 Å². The first kappa shape index (κ1) is 14.1. The van der Waals surface area contributed by atoms with E-state index in [1.807, 2.05) is 12.1 Å². The number of aryl methyl sites for hydroxylation is 1. The largest absolute Gasteiger partial charge is 0.491 e. The molecule has 1 aliphatic heterocycles. The quantitative estimate of drug-likeness (QED) is 0.839. The van der Waals surface area contributed by atoms with Gasteiger partial charge in [0, 0.05) is 24.2 Å². The van der Waals surface area contributed by atoms with Crippen LogP contribution in [0.4, 0.5) is 10.1 Å². The number of hydrogen-bond acceptors (Lipinski definition) is 3. The molecule has 1 heterocycles. The summed E-state index contributed by atoms with van der Waals surface area (Å²) in [6.45, 7) is 1.59. The van der Waals surface area contributed by atoms with Crippen LogP contribution in [0, 0.1) is 5.82 Å². The lowest BCUT2D eigenvalue weighted by Gasteiger charge is -2.31. The lowest BCUT2D eigenvalue weighted by atomic mass is 9.79. The highest BCUT2D eigenvalue weighted by Crippen LogP contribution is 2.27. The van der Waals surface area contributed by atoms with Crippen molar-refractivity contribution in [1.29, 1.82) is 0 Å². The van der Waals surface area contributed by atoms with Crippen molar-refractivity contribution in [2.24, 2.45) is 0 Å². The minimum absolute atomic E-state index is 0.0715. The van der Waals surface area contributed by atoms with Gasteiger partial charge in [-0.25, -0.2) is 4.39 Å². The summed E-state index contributed by atoms with van der Waals surface area (Å²) in [4.78, 5) is 2.25. The maximum absolute atomic E-state index is 13.5. The Labute approximate surface area is 123 Å². The molecule has 0 saturated heterocycles. The summed E-state index contributed by atoms with van der Waals surface area (Å²) in [5, 5.41) is 18.4. The minimum Gasteiger partial charge on any atom is -0.423 e. The van der Waals surface area contributed by atoms with Crippen molar-refractivity contribution in [2.75, 3.05) is 11.4 Å². The van der Waals surface area contributed by atoms with Crippen LogP contribution in [0.3, 0.4) is 0 Å². The zero-order valence-electron chi connectivity index (χ0n) is 11.7. The standard InChI is InChI=1S/C16H17BFNO2/c18-15-8-7-12(10-14(15)17(20)21)11-19-9-3-5-13-4-1-2-6-16(13)19/h1-2,4,6-8,10,20-21H,3,5,9,11H2. The van der Waals surface area contributed by atoms with Crippen LogP contribution >= 0.6 is 0 Å². The number of benzene rings is 2. The maximum Gasteiger partial charge on any atom is 0.491 e. The van der Waals surface area contributed by atoms with E-state index in [1.165, 1.54) is 23.4 Å². The maximum atomic E-state index is 13.5. The molecule has 2 aromatic carbocycles. The molecule has 0 fully saturated rings. The molecule has 3 rings (SSSR count). The third-order valence-electron chi connectivity index (χ3n) is 3.92. The van der Waals surface area contributed by atoms with E-state index in [0.29, 0.717) is 6.54 Å². The Morgan fingerprint density at radius 2 is 1.95 bits per heavy atom. The summed E-state index contributed by atoms with van der Waals surface area (Å²) in [6.07, 6.45) is 2.17. The van der Waals surface area contributed by atoms with Crippen molar-refractivity contribution < 1.29 is 14.4 Å². The Hall–Kier alpha value is -1.85. The van der Waals surface area contributed by atoms with Gasteiger partial charge < -0.3 is 14.9 Å². The van der Waals surface area contributed by atoms with Crippen molar-refractivity contribution in [3.63, 3.8) is 0 Å². The average Bonchev–Trinajstić information content (AvgIpc) is 2.49. The second kappa shape index (κ2) is 5.88. The molecule has 0 unspecified atom stereocenters. The van der Waals surface area contributed by atoms with Crippen molar-refractivity contribution in [1.82, 2.24) is 0 Å². The molecule has 3 nitrogen and oxygen atoms in total. The average molecular weight is 285 g/mol. The fraction of sp³-hybridized carbons (Fsp3) is 0.250. The topological polar surface area (TPSA) is 43.7 Å². The van der Waals surface area contributed by atoms with Crippen LogP contribution in [-0.4, -0.2) is 23.7 Å². The monoisotopic (exact) mass is 285 g/mol. The summed E-state index contributed by atoms with van der Waals surface area (Å²) < 4.78 is 13.5. The van der Waals surface area contributed by atoms with Crippen LogP contribution in [0.1, 0.15) is 17.5 Å². The number of para-hydroxylation sites is 1. The van der Waals surface area contributed by atoms with Gasteiger partial charge in [0.15, 0.2) is 0 Å². The van der Waals surface area contributed by atoms with Crippen molar-refractivity contribution in [3.05, 3.63) is 59.4 Å². The highest BCUT2D eigenvalue weighted by atomic mass is 19.1. The summed E-state index contributed by atoms with van der Waals surface area (Å²) in [7, 11) is -1.78. The Balaban J connectivity index is 1.86. The molecule has 0 radical (unpaired) electrons. The van der Waals surface area contributed by atoms with Gasteiger partial charge >= 0.3 is 7.12 Å². The molecule has 5 heteroatoms. The molecule has 2 N–H and O–H groups in total. The van der Waals surface area contributed by atoms with Crippen LogP contribution in [-0.2, 0) is 13.0 Å². The fourth-order valence-corrected chi connectivity index (χ4v) is 2.89. The van der Waals surface area contributed by atoms with Gasteiger partial charge in [-0.1, -0.05) is 30.3 Å². The number of rotatable bonds is 3. The number of nitrogens with zero attached hydrogens (tertiary/aromatic N) is 1. The zero-order chi connectivity index (χ0) is 14.8. The summed E-state index contributed by atoms with van der Waals surface area (Å²) in [6, 6.07) is 12.8. The first-order valence-corrected chi connectivity index (χ1v) is 7.12. The molecule has 0 spiro atoms. The molecule has 21 heavy (non-hydrogen) atoms. The number of anilines is 1. The van der Waals surface area contributed by atoms with Gasteiger partial charge in [0.25, 0.3) is 0 Å². The molecular weight excluding hydrogens is 268 g/mol. The van der Waals surface area contributed by atoms with Crippen LogP contribution in [0.15, 0.2) is 42.5 Å². The molecule has 2 aromatic rings. The second-order valence-corrected chi connectivity index (χ2v) is 5.38. The van der Waals surface area contributed by atoms with Gasteiger partial charge in [0.1, 0.15) is 5.82 Å². The minimum atomic E-state index is -1.78. The molecule has 108 valence electrons. The van der Waals surface area contributed by atoms with E-state index in [1.54, 1.807) is 6.07 Å². The van der Waals surface area contributed by atoms with Crippen LogP contribution in [0.2, 0.25) is 0 Å². The highest BCUT2D eigenvalue weighted by Gasteiger charge is 2.19. The molecule has 0 saturated carbocycles. The first-order valence-electron chi connectivity index (χ1n) is 7.12. The third kappa shape index (κ3) is 2.94. The van der Waals surface area contributed by atoms with E-state index in [9.17, 15) is 14.4 Å². The van der Waals surface area contributed by atoms with E-state index in [0.717, 1.165) is 24.9 Å². The van der Waals surface area contributed by atoms with E-state index in [2.05, 4.69) is 17.0 Å². The van der Waals surface area contributed by atoms with E-state index in [-0.39, 0.29) is 5.46 Å². The number of hydrogen-bond donors (Lipinski definition) is 2. The van der Waals surface area contributed by atoms with Crippen molar-refractivity contribution >= 4 is 18.3 Å². The Morgan fingerprint density at radius 1 is 1.14 bits per heavy atom. The van der Waals surface area contributed by atoms with E-state index < -0.39 is 12.9 Å². The zero-order valence-corrected chi connectivity index (χ0v) is 11.7. The Bertz CT molecular complexity index is 648. The van der Waals surface area contributed by atoms with Gasteiger partial charge in [-0.3, -0.25) is 0 Å². The molecular formula is C16H17BFNO2. The number of fused-ring (bicyclic) bond motifs is 1. The Morgan fingerprint density at radius 3 is 2.76 bits per heavy atom. The first-order chi connectivity index (χ1) is 10.1. The smallest absolute Gasteiger partial charge is 0.423 e. The van der Waals surface area contributed by atoms with Crippen molar-refractivity contribution in [3.8, 4) is 0 Å². The van der Waals surface area contributed by atoms with Gasteiger partial charge in [0.05, 0.1) is 0 Å². The van der Waals surface area contributed by atoms with Gasteiger partial charge in [-0.05, 0) is 36.1 Å². The lowest BCUT2D eigenvalue weighted by molar-refractivity contribution is 0.423. The normalized spacial score (nSPS) is 14.0. The SMILES string of the molecule is OB(O)c1cc(CN2CCCc3ccccc32)ccc1F. The third-order valence-corrected chi connectivity index (χ3v) is 3.92. The molecule has 0 aromatic heterocycles. The predicted molar refractivity (Wildman–Crippen MR) is 82.0 cm³/mol. The summed E-state index contributed by atoms with van der Waals surface area (Å²) in [5.41, 5.74) is 3.33. The Kier molecular flexibility index (Phi) is 3.95. The molecule has 0 atom stereocenters. The van der Waals surface area contributed by atoms with Crippen LogP contribution in [0.5, 0.6) is 0 Å². The highest BCUT2D eigenvalue weighted by molar-refractivity contribution is 6.58. The van der Waals surface area contributed by atoms with E-state index >= 15 is 0 Å².